The summed E-state index contributed by atoms with van der Waals surface area (Å²) in [7, 11) is 1.97. The lowest BCUT2D eigenvalue weighted by Gasteiger charge is -2.54. The standard InChI is InChI=1S/C21H33N3O2/c1-3-12-23-14-10-19-21(16-23,17-25)11-7-13-24(19)20(26)15-22(2)18-8-5-4-6-9-18/h4-6,8-9,19,25H,3,7,10-17H2,1-2H3/t19-,21-/m1/s1. The molecule has 2 heterocycles. The molecule has 2 saturated heterocycles. The van der Waals surface area contributed by atoms with E-state index in [4.69, 9.17) is 0 Å². The van der Waals surface area contributed by atoms with E-state index < -0.39 is 0 Å². The fourth-order valence-electron chi connectivity index (χ4n) is 4.84. The zero-order chi connectivity index (χ0) is 18.6. The van der Waals surface area contributed by atoms with E-state index in [-0.39, 0.29) is 24.0 Å². The van der Waals surface area contributed by atoms with Crippen molar-refractivity contribution in [1.29, 1.82) is 0 Å². The fraction of sp³-hybridized carbons (Fsp3) is 0.667. The summed E-state index contributed by atoms with van der Waals surface area (Å²) < 4.78 is 0. The molecule has 5 nitrogen and oxygen atoms in total. The summed E-state index contributed by atoms with van der Waals surface area (Å²) in [6, 6.07) is 10.2. The van der Waals surface area contributed by atoms with Gasteiger partial charge in [0.2, 0.25) is 5.91 Å². The Kier molecular flexibility index (Phi) is 6.20. The van der Waals surface area contributed by atoms with E-state index in [0.717, 1.165) is 57.5 Å². The number of benzene rings is 1. The molecule has 5 heteroatoms. The third-order valence-electron chi connectivity index (χ3n) is 6.16. The topological polar surface area (TPSA) is 47.0 Å². The van der Waals surface area contributed by atoms with E-state index >= 15 is 0 Å². The third kappa shape index (κ3) is 3.89. The Hall–Kier alpha value is -1.59. The molecule has 0 unspecified atom stereocenters. The number of aliphatic hydroxyl groups is 1. The summed E-state index contributed by atoms with van der Waals surface area (Å²) in [4.78, 5) is 19.6. The highest BCUT2D eigenvalue weighted by atomic mass is 16.3. The SMILES string of the molecule is CCCN1CC[C@H]2N(C(=O)CN(C)c3ccccc3)CCC[C@]2(CO)C1. The minimum Gasteiger partial charge on any atom is -0.396 e. The Bertz CT molecular complexity index is 594. The highest BCUT2D eigenvalue weighted by Crippen LogP contribution is 2.41. The van der Waals surface area contributed by atoms with Gasteiger partial charge in [-0.3, -0.25) is 4.79 Å². The van der Waals surface area contributed by atoms with E-state index in [1.807, 2.05) is 42.3 Å². The van der Waals surface area contributed by atoms with Crippen molar-refractivity contribution >= 4 is 11.6 Å². The number of hydrogen-bond acceptors (Lipinski definition) is 4. The monoisotopic (exact) mass is 359 g/mol. The Morgan fingerprint density at radius 3 is 2.77 bits per heavy atom. The van der Waals surface area contributed by atoms with Gasteiger partial charge in [-0.1, -0.05) is 25.1 Å². The molecular weight excluding hydrogens is 326 g/mol. The second-order valence-electron chi connectivity index (χ2n) is 7.98. The number of anilines is 1. The van der Waals surface area contributed by atoms with E-state index in [1.54, 1.807) is 0 Å². The van der Waals surface area contributed by atoms with Crippen LogP contribution < -0.4 is 4.90 Å². The summed E-state index contributed by atoms with van der Waals surface area (Å²) in [5, 5.41) is 10.2. The molecule has 1 N–H and O–H groups in total. The molecule has 1 aromatic carbocycles. The van der Waals surface area contributed by atoms with E-state index in [0.29, 0.717) is 6.54 Å². The number of likely N-dealkylation sites (tertiary alicyclic amines) is 2. The minimum absolute atomic E-state index is 0.146. The molecule has 0 saturated carbocycles. The first-order valence-corrected chi connectivity index (χ1v) is 9.98. The molecule has 1 amide bonds. The molecular formula is C21H33N3O2. The molecule has 2 fully saturated rings. The molecule has 2 aliphatic rings. The first-order chi connectivity index (χ1) is 12.6. The number of piperidine rings is 2. The van der Waals surface area contributed by atoms with Crippen LogP contribution in [0, 0.1) is 5.41 Å². The summed E-state index contributed by atoms with van der Waals surface area (Å²) >= 11 is 0. The molecule has 0 aromatic heterocycles. The van der Waals surface area contributed by atoms with E-state index in [2.05, 4.69) is 16.7 Å². The number of carbonyl (C=O) groups excluding carboxylic acids is 1. The van der Waals surface area contributed by atoms with Gasteiger partial charge in [0.1, 0.15) is 0 Å². The molecule has 2 atom stereocenters. The van der Waals surface area contributed by atoms with Crippen LogP contribution in [0.1, 0.15) is 32.6 Å². The van der Waals surface area contributed by atoms with Crippen molar-refractivity contribution in [1.82, 2.24) is 9.80 Å². The summed E-state index contributed by atoms with van der Waals surface area (Å²) in [6.07, 6.45) is 4.11. The maximum Gasteiger partial charge on any atom is 0.242 e. The number of hydrogen-bond donors (Lipinski definition) is 1. The zero-order valence-electron chi connectivity index (χ0n) is 16.2. The van der Waals surface area contributed by atoms with E-state index in [1.165, 1.54) is 0 Å². The van der Waals surface area contributed by atoms with Crippen LogP contribution in [-0.2, 0) is 4.79 Å². The molecule has 144 valence electrons. The smallest absolute Gasteiger partial charge is 0.242 e. The van der Waals surface area contributed by atoms with Crippen molar-refractivity contribution in [2.24, 2.45) is 5.41 Å². The maximum absolute atomic E-state index is 13.1. The van der Waals surface area contributed by atoms with Crippen molar-refractivity contribution in [3.05, 3.63) is 30.3 Å². The van der Waals surface area contributed by atoms with Gasteiger partial charge in [-0.2, -0.15) is 0 Å². The van der Waals surface area contributed by atoms with Crippen LogP contribution in [-0.4, -0.2) is 73.2 Å². The molecule has 3 rings (SSSR count). The average molecular weight is 360 g/mol. The number of carbonyl (C=O) groups is 1. The summed E-state index contributed by atoms with van der Waals surface area (Å²) in [5.41, 5.74) is 0.913. The quantitative estimate of drug-likeness (QED) is 0.846. The Morgan fingerprint density at radius 2 is 2.08 bits per heavy atom. The van der Waals surface area contributed by atoms with Crippen molar-refractivity contribution in [2.45, 2.75) is 38.6 Å². The third-order valence-corrected chi connectivity index (χ3v) is 6.16. The van der Waals surface area contributed by atoms with Crippen LogP contribution in [0.3, 0.4) is 0 Å². The van der Waals surface area contributed by atoms with Gasteiger partial charge in [-0.15, -0.1) is 0 Å². The zero-order valence-corrected chi connectivity index (χ0v) is 16.2. The largest absolute Gasteiger partial charge is 0.396 e. The first kappa shape index (κ1) is 19.2. The summed E-state index contributed by atoms with van der Waals surface area (Å²) in [6.45, 7) is 6.62. The van der Waals surface area contributed by atoms with Crippen LogP contribution in [0.5, 0.6) is 0 Å². The highest BCUT2D eigenvalue weighted by Gasteiger charge is 2.48. The van der Waals surface area contributed by atoms with Crippen LogP contribution in [0.4, 0.5) is 5.69 Å². The minimum atomic E-state index is -0.146. The number of nitrogens with zero attached hydrogens (tertiary/aromatic N) is 3. The summed E-state index contributed by atoms with van der Waals surface area (Å²) in [5.74, 6) is 0.183. The lowest BCUT2D eigenvalue weighted by molar-refractivity contribution is -0.145. The Morgan fingerprint density at radius 1 is 1.31 bits per heavy atom. The van der Waals surface area contributed by atoms with Gasteiger partial charge in [0.15, 0.2) is 0 Å². The molecule has 26 heavy (non-hydrogen) atoms. The molecule has 0 radical (unpaired) electrons. The van der Waals surface area contributed by atoms with Gasteiger partial charge >= 0.3 is 0 Å². The molecule has 2 aliphatic heterocycles. The van der Waals surface area contributed by atoms with Crippen molar-refractivity contribution in [3.8, 4) is 0 Å². The van der Waals surface area contributed by atoms with Gasteiger partial charge in [0.05, 0.1) is 13.2 Å². The number of likely N-dealkylation sites (N-methyl/N-ethyl adjacent to an activating group) is 1. The lowest BCUT2D eigenvalue weighted by atomic mass is 9.69. The van der Waals surface area contributed by atoms with Gasteiger partial charge in [-0.05, 0) is 44.4 Å². The van der Waals surface area contributed by atoms with Gasteiger partial charge in [0.25, 0.3) is 0 Å². The average Bonchev–Trinajstić information content (AvgIpc) is 2.68. The Balaban J connectivity index is 1.70. The second-order valence-corrected chi connectivity index (χ2v) is 7.98. The van der Waals surface area contributed by atoms with Gasteiger partial charge in [-0.25, -0.2) is 0 Å². The maximum atomic E-state index is 13.1. The molecule has 0 spiro atoms. The van der Waals surface area contributed by atoms with Crippen LogP contribution >= 0.6 is 0 Å². The predicted octanol–water partition coefficient (Wildman–Crippen LogP) is 2.21. The van der Waals surface area contributed by atoms with Gasteiger partial charge in [0, 0.05) is 43.8 Å². The Labute approximate surface area is 157 Å². The van der Waals surface area contributed by atoms with Crippen molar-refractivity contribution in [2.75, 3.05) is 51.3 Å². The predicted molar refractivity (Wildman–Crippen MR) is 105 cm³/mol. The lowest BCUT2D eigenvalue weighted by Crippen LogP contribution is -2.64. The second kappa shape index (κ2) is 8.40. The normalized spacial score (nSPS) is 26.4. The van der Waals surface area contributed by atoms with Crippen LogP contribution in [0.15, 0.2) is 30.3 Å². The van der Waals surface area contributed by atoms with Crippen LogP contribution in [0.25, 0.3) is 0 Å². The number of fused-ring (bicyclic) bond motifs is 1. The highest BCUT2D eigenvalue weighted by molar-refractivity contribution is 5.82. The van der Waals surface area contributed by atoms with Crippen LogP contribution in [0.2, 0.25) is 0 Å². The molecule has 1 aromatic rings. The molecule has 0 bridgehead atoms. The van der Waals surface area contributed by atoms with Crippen molar-refractivity contribution < 1.29 is 9.90 Å². The first-order valence-electron chi connectivity index (χ1n) is 9.98. The number of aliphatic hydroxyl groups excluding tert-OH is 1. The van der Waals surface area contributed by atoms with Crippen molar-refractivity contribution in [3.63, 3.8) is 0 Å². The van der Waals surface area contributed by atoms with E-state index in [9.17, 15) is 9.90 Å². The molecule has 0 aliphatic carbocycles. The fourth-order valence-corrected chi connectivity index (χ4v) is 4.84. The number of para-hydroxylation sites is 1. The number of amides is 1. The number of rotatable bonds is 6. The van der Waals surface area contributed by atoms with Gasteiger partial charge < -0.3 is 19.8 Å².